The number of hydrogen-bond donors (Lipinski definition) is 0. The molecule has 0 bridgehead atoms. The van der Waals surface area contributed by atoms with Gasteiger partial charge < -0.3 is 18.9 Å². The van der Waals surface area contributed by atoms with Crippen molar-refractivity contribution in [3.63, 3.8) is 0 Å². The molecule has 10 heteroatoms. The van der Waals surface area contributed by atoms with Gasteiger partial charge in [-0.05, 0) is 71.8 Å². The molecule has 0 aliphatic heterocycles. The topological polar surface area (TPSA) is 153 Å². The van der Waals surface area contributed by atoms with Gasteiger partial charge in [0.25, 0.3) is 0 Å². The standard InChI is InChI=1S/C30H20N2O8/c1-37-27(33)23(17-31)15-19-3-11-25(12-4-19)39-29(35)21-7-9-22(10-8-21)30(36)40-26-13-5-20(6-14-26)16-24(18-32)28(34)38-2/h3-16H,1-2H3. The highest BCUT2D eigenvalue weighted by Gasteiger charge is 2.14. The van der Waals surface area contributed by atoms with Gasteiger partial charge in [-0.25, -0.2) is 19.2 Å². The Kier molecular flexibility index (Phi) is 9.65. The molecule has 40 heavy (non-hydrogen) atoms. The molecule has 0 saturated carbocycles. The van der Waals surface area contributed by atoms with E-state index in [4.69, 9.17) is 20.0 Å². The molecule has 10 nitrogen and oxygen atoms in total. The van der Waals surface area contributed by atoms with Crippen molar-refractivity contribution in [3.05, 3.63) is 106 Å². The molecule has 0 amide bonds. The van der Waals surface area contributed by atoms with Gasteiger partial charge in [0.15, 0.2) is 0 Å². The lowest BCUT2D eigenvalue weighted by atomic mass is 10.1. The van der Waals surface area contributed by atoms with Crippen molar-refractivity contribution in [1.29, 1.82) is 10.5 Å². The normalized spacial score (nSPS) is 10.9. The molecule has 3 aromatic rings. The largest absolute Gasteiger partial charge is 0.465 e. The molecule has 0 aromatic heterocycles. The SMILES string of the molecule is COC(=O)C(C#N)=Cc1ccc(OC(=O)c2ccc(C(=O)Oc3ccc(C=C(C#N)C(=O)OC)cc3)cc2)cc1. The van der Waals surface area contributed by atoms with Gasteiger partial charge in [-0.2, -0.15) is 10.5 Å². The predicted octanol–water partition coefficient (Wildman–Crippen LogP) is 4.28. The van der Waals surface area contributed by atoms with E-state index in [0.29, 0.717) is 11.1 Å². The van der Waals surface area contributed by atoms with E-state index in [2.05, 4.69) is 9.47 Å². The molecular weight excluding hydrogens is 516 g/mol. The van der Waals surface area contributed by atoms with Crippen molar-refractivity contribution >= 4 is 36.0 Å². The Morgan fingerprint density at radius 2 is 0.900 bits per heavy atom. The second kappa shape index (κ2) is 13.5. The Morgan fingerprint density at radius 3 is 1.18 bits per heavy atom. The highest BCUT2D eigenvalue weighted by atomic mass is 16.5. The predicted molar refractivity (Wildman–Crippen MR) is 140 cm³/mol. The Balaban J connectivity index is 1.61. The number of rotatable bonds is 8. The van der Waals surface area contributed by atoms with Gasteiger partial charge in [0.2, 0.25) is 0 Å². The monoisotopic (exact) mass is 536 g/mol. The maximum absolute atomic E-state index is 12.5. The van der Waals surface area contributed by atoms with Crippen molar-refractivity contribution in [1.82, 2.24) is 0 Å². The summed E-state index contributed by atoms with van der Waals surface area (Å²) in [6.45, 7) is 0. The molecule has 0 radical (unpaired) electrons. The van der Waals surface area contributed by atoms with E-state index in [9.17, 15) is 19.2 Å². The van der Waals surface area contributed by atoms with Gasteiger partial charge in [0, 0.05) is 0 Å². The minimum atomic E-state index is -0.761. The zero-order valence-corrected chi connectivity index (χ0v) is 21.2. The average Bonchev–Trinajstić information content (AvgIpc) is 2.99. The van der Waals surface area contributed by atoms with Crippen molar-refractivity contribution < 1.29 is 38.1 Å². The minimum absolute atomic E-state index is 0.176. The van der Waals surface area contributed by atoms with Crippen molar-refractivity contribution in [3.8, 4) is 23.6 Å². The van der Waals surface area contributed by atoms with Crippen molar-refractivity contribution in [2.75, 3.05) is 14.2 Å². The summed E-state index contributed by atoms with van der Waals surface area (Å²) in [6, 6.07) is 21.4. The highest BCUT2D eigenvalue weighted by Crippen LogP contribution is 2.19. The number of nitriles is 2. The van der Waals surface area contributed by atoms with E-state index in [1.54, 1.807) is 36.4 Å². The van der Waals surface area contributed by atoms with Crippen LogP contribution in [0.15, 0.2) is 83.9 Å². The third-order valence-corrected chi connectivity index (χ3v) is 5.21. The van der Waals surface area contributed by atoms with E-state index in [-0.39, 0.29) is 33.8 Å². The van der Waals surface area contributed by atoms with Gasteiger partial charge >= 0.3 is 23.9 Å². The maximum Gasteiger partial charge on any atom is 0.348 e. The van der Waals surface area contributed by atoms with Gasteiger partial charge in [0.05, 0.1) is 25.3 Å². The smallest absolute Gasteiger partial charge is 0.348 e. The highest BCUT2D eigenvalue weighted by molar-refractivity contribution is 5.98. The Morgan fingerprint density at radius 1 is 0.575 bits per heavy atom. The number of ether oxygens (including phenoxy) is 4. The second-order valence-electron chi connectivity index (χ2n) is 7.82. The Labute approximate surface area is 228 Å². The lowest BCUT2D eigenvalue weighted by Crippen LogP contribution is -2.11. The molecule has 0 spiro atoms. The number of carbonyl (C=O) groups excluding carboxylic acids is 4. The van der Waals surface area contributed by atoms with Crippen LogP contribution in [0.4, 0.5) is 0 Å². The van der Waals surface area contributed by atoms with Crippen molar-refractivity contribution in [2.24, 2.45) is 0 Å². The van der Waals surface area contributed by atoms with Gasteiger partial charge in [0.1, 0.15) is 34.8 Å². The van der Waals surface area contributed by atoms with E-state index in [0.717, 1.165) is 0 Å². The fourth-order valence-corrected chi connectivity index (χ4v) is 3.17. The van der Waals surface area contributed by atoms with Crippen LogP contribution in [-0.4, -0.2) is 38.1 Å². The summed E-state index contributed by atoms with van der Waals surface area (Å²) in [5.41, 5.74) is 1.09. The summed E-state index contributed by atoms with van der Waals surface area (Å²) in [5, 5.41) is 18.1. The number of methoxy groups -OCH3 is 2. The van der Waals surface area contributed by atoms with E-state index < -0.39 is 23.9 Å². The maximum atomic E-state index is 12.5. The molecule has 3 rings (SSSR count). The number of carbonyl (C=O) groups is 4. The molecule has 0 heterocycles. The number of nitrogens with zero attached hydrogens (tertiary/aromatic N) is 2. The number of benzene rings is 3. The van der Waals surface area contributed by atoms with Crippen molar-refractivity contribution in [2.45, 2.75) is 0 Å². The average molecular weight is 536 g/mol. The summed E-state index contributed by atoms with van der Waals surface area (Å²) in [5.74, 6) is -2.39. The summed E-state index contributed by atoms with van der Waals surface area (Å²) >= 11 is 0. The first kappa shape index (κ1) is 28.6. The second-order valence-corrected chi connectivity index (χ2v) is 7.82. The molecule has 198 valence electrons. The zero-order chi connectivity index (χ0) is 29.1. The van der Waals surface area contributed by atoms with Crippen LogP contribution in [0, 0.1) is 22.7 Å². The molecular formula is C30H20N2O8. The van der Waals surface area contributed by atoms with Crippen LogP contribution in [0.5, 0.6) is 11.5 Å². The van der Waals surface area contributed by atoms with Crippen LogP contribution in [0.2, 0.25) is 0 Å². The lowest BCUT2D eigenvalue weighted by Gasteiger charge is -2.07. The third-order valence-electron chi connectivity index (χ3n) is 5.21. The molecule has 0 saturated heterocycles. The first-order valence-corrected chi connectivity index (χ1v) is 11.4. The minimum Gasteiger partial charge on any atom is -0.465 e. The van der Waals surface area contributed by atoms with Crippen LogP contribution in [0.3, 0.4) is 0 Å². The fourth-order valence-electron chi connectivity index (χ4n) is 3.17. The third kappa shape index (κ3) is 7.51. The number of hydrogen-bond acceptors (Lipinski definition) is 10. The number of esters is 4. The van der Waals surface area contributed by atoms with Gasteiger partial charge in [-0.15, -0.1) is 0 Å². The molecule has 0 N–H and O–H groups in total. The molecule has 0 aliphatic carbocycles. The summed E-state index contributed by atoms with van der Waals surface area (Å²) in [4.78, 5) is 48.1. The van der Waals surface area contributed by atoms with E-state index in [1.807, 2.05) is 0 Å². The molecule has 0 fully saturated rings. The summed E-state index contributed by atoms with van der Waals surface area (Å²) in [7, 11) is 2.35. The van der Waals surface area contributed by atoms with E-state index in [1.165, 1.54) is 74.9 Å². The fraction of sp³-hybridized carbons (Fsp3) is 0.0667. The van der Waals surface area contributed by atoms with Crippen LogP contribution in [0.1, 0.15) is 31.8 Å². The van der Waals surface area contributed by atoms with Gasteiger partial charge in [-0.3, -0.25) is 0 Å². The first-order valence-electron chi connectivity index (χ1n) is 11.4. The Hall–Kier alpha value is -6.00. The Bertz CT molecular complexity index is 1450. The lowest BCUT2D eigenvalue weighted by molar-refractivity contribution is -0.136. The van der Waals surface area contributed by atoms with Crippen LogP contribution in [-0.2, 0) is 19.1 Å². The van der Waals surface area contributed by atoms with Crippen LogP contribution >= 0.6 is 0 Å². The summed E-state index contributed by atoms with van der Waals surface area (Å²) in [6.07, 6.45) is 2.69. The van der Waals surface area contributed by atoms with Crippen LogP contribution < -0.4 is 9.47 Å². The molecule has 0 atom stereocenters. The molecule has 0 aliphatic rings. The van der Waals surface area contributed by atoms with Gasteiger partial charge in [-0.1, -0.05) is 24.3 Å². The first-order chi connectivity index (χ1) is 19.3. The van der Waals surface area contributed by atoms with E-state index >= 15 is 0 Å². The molecule has 0 unspecified atom stereocenters. The summed E-state index contributed by atoms with van der Waals surface area (Å²) < 4.78 is 19.7. The van der Waals surface area contributed by atoms with Crippen LogP contribution in [0.25, 0.3) is 12.2 Å². The zero-order valence-electron chi connectivity index (χ0n) is 21.2. The quantitative estimate of drug-likeness (QED) is 0.176. The molecule has 3 aromatic carbocycles.